The Hall–Kier alpha value is -2.60. The molecule has 0 amide bonds. The fourth-order valence-corrected chi connectivity index (χ4v) is 3.75. The number of piperazine rings is 1. The van der Waals surface area contributed by atoms with E-state index in [-0.39, 0.29) is 6.42 Å². The number of aliphatic carboxylic acids is 1. The van der Waals surface area contributed by atoms with Gasteiger partial charge in [-0.15, -0.1) is 0 Å². The number of anilines is 2. The van der Waals surface area contributed by atoms with Gasteiger partial charge in [-0.05, 0) is 42.5 Å². The molecule has 1 fully saturated rings. The van der Waals surface area contributed by atoms with Gasteiger partial charge in [0.25, 0.3) is 0 Å². The molecule has 0 radical (unpaired) electrons. The molecule has 0 spiro atoms. The fourth-order valence-electron chi connectivity index (χ4n) is 3.75. The molecule has 1 aromatic carbocycles. The van der Waals surface area contributed by atoms with Gasteiger partial charge in [-0.25, -0.2) is 0 Å². The highest BCUT2D eigenvalue weighted by Crippen LogP contribution is 2.29. The number of benzene rings is 1. The molecule has 0 aliphatic carbocycles. The first-order chi connectivity index (χ1) is 13.2. The lowest BCUT2D eigenvalue weighted by Gasteiger charge is -2.39. The third-order valence-corrected chi connectivity index (χ3v) is 5.13. The highest BCUT2D eigenvalue weighted by atomic mass is 16.4. The summed E-state index contributed by atoms with van der Waals surface area (Å²) in [4.78, 5) is 19.7. The molecule has 0 atom stereocenters. The van der Waals surface area contributed by atoms with Gasteiger partial charge in [0.2, 0.25) is 0 Å². The monoisotopic (exact) mass is 368 g/mol. The minimum Gasteiger partial charge on any atom is -0.481 e. The number of unbranched alkanes of at least 4 members (excludes halogenated alkanes) is 1. The van der Waals surface area contributed by atoms with Crippen molar-refractivity contribution in [2.24, 2.45) is 5.73 Å². The van der Waals surface area contributed by atoms with Crippen LogP contribution in [0.15, 0.2) is 42.7 Å². The molecule has 27 heavy (non-hydrogen) atoms. The second-order valence-electron chi connectivity index (χ2n) is 6.91. The quantitative estimate of drug-likeness (QED) is 0.697. The topological polar surface area (TPSA) is 82.7 Å². The number of hydrogen-bond donors (Lipinski definition) is 2. The number of rotatable bonds is 8. The third-order valence-electron chi connectivity index (χ3n) is 5.13. The first kappa shape index (κ1) is 19.2. The molecule has 0 unspecified atom stereocenters. The Morgan fingerprint density at radius 3 is 2.33 bits per heavy atom. The van der Waals surface area contributed by atoms with Crippen LogP contribution in [-0.2, 0) is 17.8 Å². The normalized spacial score (nSPS) is 14.4. The number of aromatic nitrogens is 1. The van der Waals surface area contributed by atoms with Crippen molar-refractivity contribution in [1.29, 1.82) is 0 Å². The summed E-state index contributed by atoms with van der Waals surface area (Å²) in [7, 11) is 0. The second-order valence-corrected chi connectivity index (χ2v) is 6.91. The van der Waals surface area contributed by atoms with E-state index in [2.05, 4.69) is 45.1 Å². The van der Waals surface area contributed by atoms with E-state index in [0.29, 0.717) is 13.0 Å². The zero-order valence-corrected chi connectivity index (χ0v) is 15.7. The SMILES string of the molecule is NCc1cccc(CCCCC(=O)O)c1N1CCN(c2ccncc2)CC1. The summed E-state index contributed by atoms with van der Waals surface area (Å²) in [5, 5.41) is 8.84. The summed E-state index contributed by atoms with van der Waals surface area (Å²) < 4.78 is 0. The molecule has 3 rings (SSSR count). The maximum atomic E-state index is 10.7. The number of para-hydroxylation sites is 1. The van der Waals surface area contributed by atoms with Crippen LogP contribution in [-0.4, -0.2) is 42.2 Å². The molecule has 6 nitrogen and oxygen atoms in total. The number of carboxylic acid groups (broad SMARTS) is 1. The average molecular weight is 368 g/mol. The molecule has 1 aliphatic rings. The van der Waals surface area contributed by atoms with Crippen LogP contribution < -0.4 is 15.5 Å². The summed E-state index contributed by atoms with van der Waals surface area (Å²) in [5.41, 5.74) is 10.9. The zero-order valence-electron chi connectivity index (χ0n) is 15.7. The van der Waals surface area contributed by atoms with E-state index in [1.807, 2.05) is 12.4 Å². The van der Waals surface area contributed by atoms with Crippen molar-refractivity contribution >= 4 is 17.3 Å². The van der Waals surface area contributed by atoms with Gasteiger partial charge in [0.1, 0.15) is 0 Å². The van der Waals surface area contributed by atoms with E-state index < -0.39 is 5.97 Å². The van der Waals surface area contributed by atoms with Gasteiger partial charge in [-0.2, -0.15) is 0 Å². The lowest BCUT2D eigenvalue weighted by Crippen LogP contribution is -2.47. The van der Waals surface area contributed by atoms with Crippen LogP contribution in [0.5, 0.6) is 0 Å². The minimum atomic E-state index is -0.724. The largest absolute Gasteiger partial charge is 0.481 e. The Morgan fingerprint density at radius 1 is 1.00 bits per heavy atom. The van der Waals surface area contributed by atoms with Gasteiger partial charge in [0.15, 0.2) is 0 Å². The summed E-state index contributed by atoms with van der Waals surface area (Å²) >= 11 is 0. The predicted octanol–water partition coefficient (Wildman–Crippen LogP) is 2.66. The van der Waals surface area contributed by atoms with Crippen molar-refractivity contribution in [2.45, 2.75) is 32.2 Å². The Bertz CT molecular complexity index is 743. The standard InChI is InChI=1S/C21H28N4O2/c22-16-18-6-3-5-17(4-1-2-7-20(26)27)21(18)25-14-12-24(13-15-25)19-8-10-23-11-9-19/h3,5-6,8-11H,1-2,4,7,12-16,22H2,(H,26,27). The Morgan fingerprint density at radius 2 is 1.67 bits per heavy atom. The van der Waals surface area contributed by atoms with Crippen molar-refractivity contribution in [2.75, 3.05) is 36.0 Å². The van der Waals surface area contributed by atoms with Gasteiger partial charge in [0.05, 0.1) is 0 Å². The number of hydrogen-bond acceptors (Lipinski definition) is 5. The van der Waals surface area contributed by atoms with Crippen molar-refractivity contribution in [3.05, 3.63) is 53.9 Å². The summed E-state index contributed by atoms with van der Waals surface area (Å²) in [6.45, 7) is 4.33. The van der Waals surface area contributed by atoms with E-state index in [1.165, 1.54) is 22.5 Å². The van der Waals surface area contributed by atoms with Crippen LogP contribution in [0.4, 0.5) is 11.4 Å². The summed E-state index contributed by atoms with van der Waals surface area (Å²) in [6.07, 6.45) is 6.38. The van der Waals surface area contributed by atoms with E-state index in [9.17, 15) is 4.79 Å². The van der Waals surface area contributed by atoms with E-state index in [1.54, 1.807) is 0 Å². The van der Waals surface area contributed by atoms with Gasteiger partial charge < -0.3 is 20.6 Å². The molecule has 0 bridgehead atoms. The van der Waals surface area contributed by atoms with Gasteiger partial charge in [-0.3, -0.25) is 9.78 Å². The Kier molecular flexibility index (Phi) is 6.65. The predicted molar refractivity (Wildman–Crippen MR) is 108 cm³/mol. The molecular weight excluding hydrogens is 340 g/mol. The first-order valence-corrected chi connectivity index (χ1v) is 9.61. The zero-order chi connectivity index (χ0) is 19.1. The molecule has 1 aliphatic heterocycles. The summed E-state index contributed by atoms with van der Waals surface area (Å²) in [6, 6.07) is 10.4. The van der Waals surface area contributed by atoms with Crippen molar-refractivity contribution in [1.82, 2.24) is 4.98 Å². The first-order valence-electron chi connectivity index (χ1n) is 9.61. The van der Waals surface area contributed by atoms with Crippen molar-refractivity contribution < 1.29 is 9.90 Å². The van der Waals surface area contributed by atoms with Crippen LogP contribution >= 0.6 is 0 Å². The van der Waals surface area contributed by atoms with Crippen molar-refractivity contribution in [3.8, 4) is 0 Å². The third kappa shape index (κ3) is 4.98. The molecule has 0 saturated carbocycles. The number of nitrogens with zero attached hydrogens (tertiary/aromatic N) is 3. The van der Waals surface area contributed by atoms with Crippen LogP contribution in [0.3, 0.4) is 0 Å². The molecular formula is C21H28N4O2. The van der Waals surface area contributed by atoms with E-state index in [0.717, 1.165) is 39.0 Å². The average Bonchev–Trinajstić information content (AvgIpc) is 2.71. The fraction of sp³-hybridized carbons (Fsp3) is 0.429. The molecule has 2 aromatic rings. The number of carboxylic acids is 1. The van der Waals surface area contributed by atoms with Gasteiger partial charge in [-0.1, -0.05) is 18.2 Å². The minimum absolute atomic E-state index is 0.233. The Balaban J connectivity index is 1.69. The number of aryl methyl sites for hydroxylation is 1. The molecule has 3 N–H and O–H groups in total. The number of nitrogens with two attached hydrogens (primary N) is 1. The van der Waals surface area contributed by atoms with Crippen molar-refractivity contribution in [3.63, 3.8) is 0 Å². The lowest BCUT2D eigenvalue weighted by molar-refractivity contribution is -0.137. The van der Waals surface area contributed by atoms with E-state index in [4.69, 9.17) is 10.8 Å². The molecule has 2 heterocycles. The highest BCUT2D eigenvalue weighted by molar-refractivity contribution is 5.66. The number of carbonyl (C=O) groups is 1. The second kappa shape index (κ2) is 9.37. The van der Waals surface area contributed by atoms with Crippen LogP contribution in [0.25, 0.3) is 0 Å². The van der Waals surface area contributed by atoms with Crippen LogP contribution in [0.2, 0.25) is 0 Å². The summed E-state index contributed by atoms with van der Waals surface area (Å²) in [5.74, 6) is -0.724. The van der Waals surface area contributed by atoms with Crippen LogP contribution in [0.1, 0.15) is 30.4 Å². The molecule has 144 valence electrons. The lowest BCUT2D eigenvalue weighted by atomic mass is 9.99. The Labute approximate surface area is 160 Å². The maximum absolute atomic E-state index is 10.7. The van der Waals surface area contributed by atoms with Crippen LogP contribution in [0, 0.1) is 0 Å². The van der Waals surface area contributed by atoms with E-state index >= 15 is 0 Å². The molecule has 6 heteroatoms. The van der Waals surface area contributed by atoms with Gasteiger partial charge >= 0.3 is 5.97 Å². The smallest absolute Gasteiger partial charge is 0.303 e. The maximum Gasteiger partial charge on any atom is 0.303 e. The molecule has 1 saturated heterocycles. The number of pyridine rings is 1. The van der Waals surface area contributed by atoms with Gasteiger partial charge in [0, 0.05) is 62.9 Å². The highest BCUT2D eigenvalue weighted by Gasteiger charge is 2.21. The molecule has 1 aromatic heterocycles.